The van der Waals surface area contributed by atoms with Gasteiger partial charge < -0.3 is 52.1 Å². The molecule has 292 valence electrons. The molecule has 16 heteroatoms. The molecule has 1 aromatic rings. The number of rotatable bonds is 35. The predicted molar refractivity (Wildman–Crippen MR) is 183 cm³/mol. The molecule has 0 spiro atoms. The molecule has 0 amide bonds. The van der Waals surface area contributed by atoms with Gasteiger partial charge in [-0.3, -0.25) is 8.98 Å². The lowest BCUT2D eigenvalue weighted by Gasteiger charge is -2.19. The van der Waals surface area contributed by atoms with Crippen LogP contribution in [0.5, 0.6) is 0 Å². The Labute approximate surface area is 298 Å². The molecule has 0 atom stereocenters. The lowest BCUT2D eigenvalue weighted by Crippen LogP contribution is -2.24. The average molecular weight is 741 g/mol. The molecule has 0 radical (unpaired) electrons. The first-order chi connectivity index (χ1) is 24.1. The van der Waals surface area contributed by atoms with E-state index in [1.807, 2.05) is 27.7 Å². The second kappa shape index (κ2) is 30.8. The summed E-state index contributed by atoms with van der Waals surface area (Å²) in [5, 5.41) is 0. The van der Waals surface area contributed by atoms with Crippen LogP contribution in [-0.2, 0) is 71.2 Å². The van der Waals surface area contributed by atoms with E-state index in [2.05, 4.69) is 0 Å². The molecule has 50 heavy (non-hydrogen) atoms. The third-order valence-electron chi connectivity index (χ3n) is 5.99. The van der Waals surface area contributed by atoms with Gasteiger partial charge in [0.1, 0.15) is 5.60 Å². The summed E-state index contributed by atoms with van der Waals surface area (Å²) in [6.07, 6.45) is 0.224. The van der Waals surface area contributed by atoms with Crippen LogP contribution in [0.15, 0.2) is 29.2 Å². The van der Waals surface area contributed by atoms with Gasteiger partial charge in [0.2, 0.25) is 0 Å². The van der Waals surface area contributed by atoms with E-state index in [1.54, 1.807) is 12.1 Å². The standard InChI is InChI=1S/C34H60O15S/c1-31-5-7-32(8-6-31)50(36,37)48-30-29-47-28-27-46-26-25-45-24-23-44-22-21-43-20-19-42-18-17-41-16-15-40-14-13-39-12-11-38-10-9-33(35)49-34(2,3)4/h5-8H,9-30H2,1-4H3. The first-order valence-corrected chi connectivity index (χ1v) is 18.5. The van der Waals surface area contributed by atoms with Gasteiger partial charge in [-0.2, -0.15) is 8.42 Å². The number of carbonyl (C=O) groups excluding carboxylic acids is 1. The highest BCUT2D eigenvalue weighted by Crippen LogP contribution is 2.13. The van der Waals surface area contributed by atoms with E-state index in [4.69, 9.17) is 56.3 Å². The summed E-state index contributed by atoms with van der Waals surface area (Å²) in [5.74, 6) is -0.272. The first-order valence-electron chi connectivity index (χ1n) is 17.1. The minimum atomic E-state index is -3.78. The molecule has 0 aromatic heterocycles. The van der Waals surface area contributed by atoms with Crippen LogP contribution in [0.2, 0.25) is 0 Å². The number of carbonyl (C=O) groups is 1. The van der Waals surface area contributed by atoms with E-state index in [-0.39, 0.29) is 30.5 Å². The summed E-state index contributed by atoms with van der Waals surface area (Å²) < 4.78 is 88.6. The van der Waals surface area contributed by atoms with E-state index in [0.717, 1.165) is 5.56 Å². The molecule has 0 aliphatic rings. The first kappa shape index (κ1) is 46.2. The Morgan fingerprint density at radius 1 is 0.480 bits per heavy atom. The van der Waals surface area contributed by atoms with Gasteiger partial charge in [-0.1, -0.05) is 17.7 Å². The van der Waals surface area contributed by atoms with Gasteiger partial charge in [0.25, 0.3) is 10.1 Å². The van der Waals surface area contributed by atoms with Crippen molar-refractivity contribution >= 4 is 16.1 Å². The normalized spacial score (nSPS) is 12.1. The zero-order valence-corrected chi connectivity index (χ0v) is 31.2. The summed E-state index contributed by atoms with van der Waals surface area (Å²) in [5.41, 5.74) is 0.491. The third kappa shape index (κ3) is 29.9. The molecule has 0 saturated heterocycles. The fourth-order valence-electron chi connectivity index (χ4n) is 3.60. The van der Waals surface area contributed by atoms with Gasteiger partial charge in [0.05, 0.1) is 150 Å². The summed E-state index contributed by atoms with van der Waals surface area (Å²) in [4.78, 5) is 11.7. The quantitative estimate of drug-likeness (QED) is 0.0567. The van der Waals surface area contributed by atoms with Crippen LogP contribution in [0.4, 0.5) is 0 Å². The summed E-state index contributed by atoms with van der Waals surface area (Å²) in [6, 6.07) is 6.47. The monoisotopic (exact) mass is 740 g/mol. The van der Waals surface area contributed by atoms with Crippen molar-refractivity contribution in [3.63, 3.8) is 0 Å². The molecule has 0 N–H and O–H groups in total. The topological polar surface area (TPSA) is 162 Å². The Balaban J connectivity index is 1.69. The van der Waals surface area contributed by atoms with E-state index < -0.39 is 15.7 Å². The molecule has 0 fully saturated rings. The van der Waals surface area contributed by atoms with E-state index in [1.165, 1.54) is 12.1 Å². The Bertz CT molecular complexity index is 1030. The Morgan fingerprint density at radius 3 is 1.06 bits per heavy atom. The van der Waals surface area contributed by atoms with Crippen LogP contribution in [0.1, 0.15) is 32.8 Å². The van der Waals surface area contributed by atoms with Crippen molar-refractivity contribution < 1.29 is 69.5 Å². The molecule has 0 unspecified atom stereocenters. The Morgan fingerprint density at radius 2 is 0.760 bits per heavy atom. The molecule has 15 nitrogen and oxygen atoms in total. The van der Waals surface area contributed by atoms with E-state index in [9.17, 15) is 13.2 Å². The van der Waals surface area contributed by atoms with Crippen molar-refractivity contribution in [1.29, 1.82) is 0 Å². The largest absolute Gasteiger partial charge is 0.460 e. The minimum absolute atomic E-state index is 0.0641. The second-order valence-electron chi connectivity index (χ2n) is 11.5. The van der Waals surface area contributed by atoms with Crippen molar-refractivity contribution in [2.45, 2.75) is 44.6 Å². The van der Waals surface area contributed by atoms with Gasteiger partial charge in [-0.15, -0.1) is 0 Å². The fourth-order valence-corrected chi connectivity index (χ4v) is 4.50. The minimum Gasteiger partial charge on any atom is -0.460 e. The van der Waals surface area contributed by atoms with Gasteiger partial charge in [-0.25, -0.2) is 0 Å². The van der Waals surface area contributed by atoms with E-state index in [0.29, 0.717) is 126 Å². The summed E-state index contributed by atoms with van der Waals surface area (Å²) in [6.45, 7) is 15.7. The fraction of sp³-hybridized carbons (Fsp3) is 0.794. The highest BCUT2D eigenvalue weighted by atomic mass is 32.2. The van der Waals surface area contributed by atoms with Gasteiger partial charge in [0.15, 0.2) is 0 Å². The molecule has 0 saturated carbocycles. The van der Waals surface area contributed by atoms with Crippen LogP contribution in [0, 0.1) is 6.92 Å². The maximum Gasteiger partial charge on any atom is 0.308 e. The zero-order valence-electron chi connectivity index (χ0n) is 30.4. The van der Waals surface area contributed by atoms with Crippen molar-refractivity contribution in [3.05, 3.63) is 29.8 Å². The number of benzene rings is 1. The lowest BCUT2D eigenvalue weighted by molar-refractivity contribution is -0.156. The van der Waals surface area contributed by atoms with Crippen molar-refractivity contribution in [1.82, 2.24) is 0 Å². The molecule has 1 aromatic carbocycles. The van der Waals surface area contributed by atoms with Crippen LogP contribution < -0.4 is 0 Å². The molecule has 1 rings (SSSR count). The number of aryl methyl sites for hydroxylation is 1. The van der Waals surface area contributed by atoms with Crippen LogP contribution in [0.3, 0.4) is 0 Å². The average Bonchev–Trinajstić information content (AvgIpc) is 3.06. The van der Waals surface area contributed by atoms with Gasteiger partial charge in [0, 0.05) is 0 Å². The maximum absolute atomic E-state index is 12.1. The lowest BCUT2D eigenvalue weighted by atomic mass is 10.2. The SMILES string of the molecule is Cc1ccc(S(=O)(=O)OCCOCCOCCOCCOCCOCCOCCOCCOCCOCCOCCC(=O)OC(C)(C)C)cc1. The Kier molecular flexibility index (Phi) is 28.5. The van der Waals surface area contributed by atoms with E-state index >= 15 is 0 Å². The summed E-state index contributed by atoms with van der Waals surface area (Å²) >= 11 is 0. The van der Waals surface area contributed by atoms with Crippen molar-refractivity contribution in [2.24, 2.45) is 0 Å². The zero-order chi connectivity index (χ0) is 36.6. The van der Waals surface area contributed by atoms with Crippen LogP contribution in [0.25, 0.3) is 0 Å². The molecular weight excluding hydrogens is 680 g/mol. The van der Waals surface area contributed by atoms with Gasteiger partial charge in [-0.05, 0) is 39.8 Å². The molecule has 0 heterocycles. The highest BCUT2D eigenvalue weighted by molar-refractivity contribution is 7.86. The Hall–Kier alpha value is -1.80. The van der Waals surface area contributed by atoms with Crippen molar-refractivity contribution in [2.75, 3.05) is 139 Å². The number of esters is 1. The smallest absolute Gasteiger partial charge is 0.308 e. The van der Waals surface area contributed by atoms with Crippen LogP contribution in [-0.4, -0.2) is 159 Å². The number of ether oxygens (including phenoxy) is 11. The summed E-state index contributed by atoms with van der Waals surface area (Å²) in [7, 11) is -3.78. The van der Waals surface area contributed by atoms with Crippen LogP contribution >= 0.6 is 0 Å². The third-order valence-corrected chi connectivity index (χ3v) is 7.32. The van der Waals surface area contributed by atoms with Gasteiger partial charge >= 0.3 is 5.97 Å². The molecule has 0 aliphatic carbocycles. The number of hydrogen-bond acceptors (Lipinski definition) is 15. The van der Waals surface area contributed by atoms with Crippen molar-refractivity contribution in [3.8, 4) is 0 Å². The second-order valence-corrected chi connectivity index (χ2v) is 13.2. The highest BCUT2D eigenvalue weighted by Gasteiger charge is 2.16. The molecule has 0 aliphatic heterocycles. The molecular formula is C34H60O15S. The number of hydrogen-bond donors (Lipinski definition) is 0. The maximum atomic E-state index is 12.1. The predicted octanol–water partition coefficient (Wildman–Crippen LogP) is 2.60. The molecule has 0 bridgehead atoms.